The topological polar surface area (TPSA) is 75.7 Å². The standard InChI is InChI=1S/C17H24N2O4S/c1-3-9-23-16-6-4-14(5-7-16)11-19(2)12-17(20)18-15-8-10-24(21,22)13-15/h3-7,15H,1,8-13H2,2H3,(H,18,20)/t15-/m0/s1. The van der Waals surface area contributed by atoms with Crippen molar-refractivity contribution in [1.29, 1.82) is 0 Å². The molecule has 132 valence electrons. The molecule has 6 nitrogen and oxygen atoms in total. The van der Waals surface area contributed by atoms with Crippen LogP contribution in [0.15, 0.2) is 36.9 Å². The van der Waals surface area contributed by atoms with E-state index in [-0.39, 0.29) is 30.0 Å². The first kappa shape index (κ1) is 18.5. The molecule has 1 atom stereocenters. The highest BCUT2D eigenvalue weighted by atomic mass is 32.2. The fourth-order valence-corrected chi connectivity index (χ4v) is 4.31. The van der Waals surface area contributed by atoms with Gasteiger partial charge in [-0.05, 0) is 31.2 Å². The Morgan fingerprint density at radius 3 is 2.71 bits per heavy atom. The monoisotopic (exact) mass is 352 g/mol. The highest BCUT2D eigenvalue weighted by Crippen LogP contribution is 2.14. The Labute approximate surface area is 143 Å². The number of benzene rings is 1. The van der Waals surface area contributed by atoms with Gasteiger partial charge in [0.1, 0.15) is 12.4 Å². The van der Waals surface area contributed by atoms with Gasteiger partial charge in [-0.1, -0.05) is 24.8 Å². The lowest BCUT2D eigenvalue weighted by Crippen LogP contribution is -2.41. The fourth-order valence-electron chi connectivity index (χ4n) is 2.64. The van der Waals surface area contributed by atoms with E-state index < -0.39 is 9.84 Å². The highest BCUT2D eigenvalue weighted by molar-refractivity contribution is 7.91. The number of amides is 1. The summed E-state index contributed by atoms with van der Waals surface area (Å²) in [6.07, 6.45) is 2.19. The summed E-state index contributed by atoms with van der Waals surface area (Å²) in [5.41, 5.74) is 1.07. The second-order valence-electron chi connectivity index (χ2n) is 6.08. The van der Waals surface area contributed by atoms with Crippen LogP contribution in [0.3, 0.4) is 0 Å². The number of nitrogens with one attached hydrogen (secondary N) is 1. The van der Waals surface area contributed by atoms with E-state index in [4.69, 9.17) is 4.74 Å². The van der Waals surface area contributed by atoms with E-state index in [1.54, 1.807) is 6.08 Å². The van der Waals surface area contributed by atoms with Gasteiger partial charge in [-0.3, -0.25) is 9.69 Å². The summed E-state index contributed by atoms with van der Waals surface area (Å²) in [7, 11) is -1.12. The van der Waals surface area contributed by atoms with E-state index in [2.05, 4.69) is 11.9 Å². The predicted octanol–water partition coefficient (Wildman–Crippen LogP) is 0.987. The minimum absolute atomic E-state index is 0.0502. The van der Waals surface area contributed by atoms with E-state index in [1.165, 1.54) is 0 Å². The van der Waals surface area contributed by atoms with Crippen LogP contribution in [0.5, 0.6) is 5.75 Å². The van der Waals surface area contributed by atoms with E-state index >= 15 is 0 Å². The van der Waals surface area contributed by atoms with E-state index in [9.17, 15) is 13.2 Å². The molecule has 0 saturated carbocycles. The maximum absolute atomic E-state index is 12.0. The zero-order valence-corrected chi connectivity index (χ0v) is 14.7. The number of hydrogen-bond donors (Lipinski definition) is 1. The number of carbonyl (C=O) groups excluding carboxylic acids is 1. The van der Waals surface area contributed by atoms with Crippen LogP contribution in [-0.2, 0) is 21.2 Å². The van der Waals surface area contributed by atoms with Crippen molar-refractivity contribution in [3.8, 4) is 5.75 Å². The lowest BCUT2D eigenvalue weighted by Gasteiger charge is -2.18. The summed E-state index contributed by atoms with van der Waals surface area (Å²) < 4.78 is 28.2. The van der Waals surface area contributed by atoms with Gasteiger partial charge in [-0.15, -0.1) is 0 Å². The number of nitrogens with zero attached hydrogens (tertiary/aromatic N) is 1. The SMILES string of the molecule is C=CCOc1ccc(CN(C)CC(=O)N[C@H]2CCS(=O)(=O)C2)cc1. The maximum Gasteiger partial charge on any atom is 0.234 e. The van der Waals surface area contributed by atoms with Crippen molar-refractivity contribution in [2.75, 3.05) is 31.7 Å². The van der Waals surface area contributed by atoms with Gasteiger partial charge in [0.15, 0.2) is 9.84 Å². The van der Waals surface area contributed by atoms with Crippen molar-refractivity contribution in [2.24, 2.45) is 0 Å². The molecule has 0 spiro atoms. The Balaban J connectivity index is 1.76. The van der Waals surface area contributed by atoms with Crippen molar-refractivity contribution in [2.45, 2.75) is 19.0 Å². The summed E-state index contributed by atoms with van der Waals surface area (Å²) in [5.74, 6) is 0.843. The Hall–Kier alpha value is -1.86. The minimum Gasteiger partial charge on any atom is -0.490 e. The molecular formula is C17H24N2O4S. The first-order valence-electron chi connectivity index (χ1n) is 7.89. The number of sulfone groups is 1. The average molecular weight is 352 g/mol. The third-order valence-electron chi connectivity index (χ3n) is 3.75. The molecule has 1 amide bonds. The van der Waals surface area contributed by atoms with E-state index in [0.29, 0.717) is 19.6 Å². The highest BCUT2D eigenvalue weighted by Gasteiger charge is 2.28. The van der Waals surface area contributed by atoms with Gasteiger partial charge in [0.2, 0.25) is 5.91 Å². The molecule has 0 radical (unpaired) electrons. The summed E-state index contributed by atoms with van der Waals surface area (Å²) in [6, 6.07) is 7.43. The normalized spacial score (nSPS) is 19.2. The minimum atomic E-state index is -2.98. The Bertz CT molecular complexity index is 670. The molecule has 1 aliphatic heterocycles. The Kier molecular flexibility index (Phi) is 6.39. The number of rotatable bonds is 8. The van der Waals surface area contributed by atoms with Crippen LogP contribution < -0.4 is 10.1 Å². The molecule has 1 heterocycles. The van der Waals surface area contributed by atoms with Crippen LogP contribution in [0.1, 0.15) is 12.0 Å². The molecule has 0 aliphatic carbocycles. The molecule has 1 aliphatic rings. The quantitative estimate of drug-likeness (QED) is 0.706. The number of carbonyl (C=O) groups is 1. The largest absolute Gasteiger partial charge is 0.490 e. The van der Waals surface area contributed by atoms with E-state index in [1.807, 2.05) is 36.2 Å². The molecular weight excluding hydrogens is 328 g/mol. The second-order valence-corrected chi connectivity index (χ2v) is 8.31. The van der Waals surface area contributed by atoms with E-state index in [0.717, 1.165) is 11.3 Å². The van der Waals surface area contributed by atoms with Gasteiger partial charge in [0.25, 0.3) is 0 Å². The van der Waals surface area contributed by atoms with Crippen molar-refractivity contribution < 1.29 is 17.9 Å². The summed E-state index contributed by atoms with van der Waals surface area (Å²) in [4.78, 5) is 13.9. The van der Waals surface area contributed by atoms with Gasteiger partial charge in [-0.25, -0.2) is 8.42 Å². The van der Waals surface area contributed by atoms with Gasteiger partial charge in [0, 0.05) is 12.6 Å². The van der Waals surface area contributed by atoms with Crippen molar-refractivity contribution in [1.82, 2.24) is 10.2 Å². The average Bonchev–Trinajstić information content (AvgIpc) is 2.85. The van der Waals surface area contributed by atoms with Gasteiger partial charge < -0.3 is 10.1 Å². The van der Waals surface area contributed by atoms with Crippen LogP contribution in [-0.4, -0.2) is 57.0 Å². The molecule has 2 rings (SSSR count). The molecule has 7 heteroatoms. The first-order chi connectivity index (χ1) is 11.4. The van der Waals surface area contributed by atoms with Crippen LogP contribution in [0.2, 0.25) is 0 Å². The van der Waals surface area contributed by atoms with Gasteiger partial charge in [0.05, 0.1) is 18.1 Å². The zero-order chi connectivity index (χ0) is 17.6. The number of hydrogen-bond acceptors (Lipinski definition) is 5. The molecule has 1 fully saturated rings. The summed E-state index contributed by atoms with van der Waals surface area (Å²) in [5, 5.41) is 2.79. The van der Waals surface area contributed by atoms with Crippen LogP contribution in [0, 0.1) is 0 Å². The summed E-state index contributed by atoms with van der Waals surface area (Å²) in [6.45, 7) is 4.92. The fraction of sp³-hybridized carbons (Fsp3) is 0.471. The zero-order valence-electron chi connectivity index (χ0n) is 13.9. The Morgan fingerprint density at radius 2 is 2.12 bits per heavy atom. The molecule has 0 aromatic heterocycles. The number of likely N-dealkylation sites (N-methyl/N-ethyl adjacent to an activating group) is 1. The smallest absolute Gasteiger partial charge is 0.234 e. The van der Waals surface area contributed by atoms with Crippen LogP contribution in [0.25, 0.3) is 0 Å². The molecule has 1 saturated heterocycles. The maximum atomic E-state index is 12.0. The summed E-state index contributed by atoms with van der Waals surface area (Å²) >= 11 is 0. The second kappa shape index (κ2) is 8.30. The molecule has 24 heavy (non-hydrogen) atoms. The Morgan fingerprint density at radius 1 is 1.42 bits per heavy atom. The molecule has 0 bridgehead atoms. The molecule has 1 N–H and O–H groups in total. The van der Waals surface area contributed by atoms with Crippen molar-refractivity contribution in [3.05, 3.63) is 42.5 Å². The third-order valence-corrected chi connectivity index (χ3v) is 5.52. The van der Waals surface area contributed by atoms with Crippen LogP contribution in [0.4, 0.5) is 0 Å². The molecule has 1 aromatic rings. The van der Waals surface area contributed by atoms with Gasteiger partial charge in [-0.2, -0.15) is 0 Å². The first-order valence-corrected chi connectivity index (χ1v) is 9.71. The molecule has 0 unspecified atom stereocenters. The van der Waals surface area contributed by atoms with Crippen molar-refractivity contribution >= 4 is 15.7 Å². The predicted molar refractivity (Wildman–Crippen MR) is 93.7 cm³/mol. The lowest BCUT2D eigenvalue weighted by atomic mass is 10.2. The van der Waals surface area contributed by atoms with Crippen molar-refractivity contribution in [3.63, 3.8) is 0 Å². The lowest BCUT2D eigenvalue weighted by molar-refractivity contribution is -0.122. The van der Waals surface area contributed by atoms with Gasteiger partial charge >= 0.3 is 0 Å². The van der Waals surface area contributed by atoms with Crippen LogP contribution >= 0.6 is 0 Å². The number of ether oxygens (including phenoxy) is 1. The molecule has 1 aromatic carbocycles. The third kappa shape index (κ3) is 5.98.